The van der Waals surface area contributed by atoms with Gasteiger partial charge in [0.05, 0.1) is 13.2 Å². The number of rotatable bonds is 8. The smallest absolute Gasteiger partial charge is 0.258 e. The number of fused-ring (bicyclic) bond motifs is 1. The molecule has 1 saturated heterocycles. The highest BCUT2D eigenvalue weighted by Gasteiger charge is 2.12. The molecule has 0 atom stereocenters. The number of benzene rings is 2. The maximum Gasteiger partial charge on any atom is 0.258 e. The Labute approximate surface area is 182 Å². The van der Waals surface area contributed by atoms with Crippen LogP contribution < -0.4 is 10.9 Å². The van der Waals surface area contributed by atoms with Crippen molar-refractivity contribution in [2.24, 2.45) is 0 Å². The summed E-state index contributed by atoms with van der Waals surface area (Å²) in [6.45, 7) is 4.78. The summed E-state index contributed by atoms with van der Waals surface area (Å²) in [6, 6.07) is 17.6. The average molecular weight is 420 g/mol. The lowest BCUT2D eigenvalue weighted by atomic mass is 10.1. The quantitative estimate of drug-likeness (QED) is 0.609. The van der Waals surface area contributed by atoms with Crippen molar-refractivity contribution in [2.75, 3.05) is 38.2 Å². The first kappa shape index (κ1) is 21.3. The normalized spacial score (nSPS) is 14.6. The maximum absolute atomic E-state index is 13.0. The third-order valence-electron chi connectivity index (χ3n) is 5.77. The fourth-order valence-electron chi connectivity index (χ4n) is 3.99. The van der Waals surface area contributed by atoms with Crippen LogP contribution in [-0.4, -0.2) is 48.2 Å². The molecule has 0 saturated carbocycles. The number of aryl methyl sites for hydroxylation is 1. The van der Waals surface area contributed by atoms with E-state index in [4.69, 9.17) is 4.74 Å². The molecule has 6 nitrogen and oxygen atoms in total. The summed E-state index contributed by atoms with van der Waals surface area (Å²) in [4.78, 5) is 27.8. The summed E-state index contributed by atoms with van der Waals surface area (Å²) >= 11 is 0. The Morgan fingerprint density at radius 1 is 0.935 bits per heavy atom. The van der Waals surface area contributed by atoms with Crippen LogP contribution in [0.2, 0.25) is 0 Å². The number of aromatic nitrogens is 1. The number of carbonyl (C=O) groups excluding carboxylic acids is 1. The first-order chi connectivity index (χ1) is 15.2. The van der Waals surface area contributed by atoms with Crippen LogP contribution in [-0.2, 0) is 22.5 Å². The topological polar surface area (TPSA) is 63.6 Å². The fourth-order valence-corrected chi connectivity index (χ4v) is 3.99. The van der Waals surface area contributed by atoms with Gasteiger partial charge in [-0.25, -0.2) is 0 Å². The second kappa shape index (κ2) is 10.4. The molecule has 0 bridgehead atoms. The van der Waals surface area contributed by atoms with E-state index in [2.05, 4.69) is 22.3 Å². The summed E-state index contributed by atoms with van der Waals surface area (Å²) < 4.78 is 7.13. The number of morpholine rings is 1. The van der Waals surface area contributed by atoms with Gasteiger partial charge in [-0.05, 0) is 36.6 Å². The molecule has 4 rings (SSSR count). The lowest BCUT2D eigenvalue weighted by Gasteiger charge is -2.26. The minimum absolute atomic E-state index is 0.0223. The van der Waals surface area contributed by atoms with Gasteiger partial charge in [0.1, 0.15) is 0 Å². The van der Waals surface area contributed by atoms with Crippen LogP contribution >= 0.6 is 0 Å². The Hall–Kier alpha value is -2.96. The highest BCUT2D eigenvalue weighted by atomic mass is 16.5. The number of amides is 1. The fraction of sp³-hybridized carbons (Fsp3) is 0.360. The van der Waals surface area contributed by atoms with Crippen LogP contribution in [0.25, 0.3) is 10.8 Å². The van der Waals surface area contributed by atoms with Crippen molar-refractivity contribution >= 4 is 22.4 Å². The lowest BCUT2D eigenvalue weighted by molar-refractivity contribution is -0.116. The van der Waals surface area contributed by atoms with Crippen molar-refractivity contribution in [3.05, 3.63) is 76.7 Å². The van der Waals surface area contributed by atoms with Gasteiger partial charge in [-0.1, -0.05) is 36.4 Å². The molecule has 0 spiro atoms. The monoisotopic (exact) mass is 419 g/mol. The van der Waals surface area contributed by atoms with Crippen LogP contribution in [0.1, 0.15) is 18.4 Å². The van der Waals surface area contributed by atoms with Crippen LogP contribution in [0, 0.1) is 0 Å². The van der Waals surface area contributed by atoms with E-state index >= 15 is 0 Å². The molecule has 1 aromatic heterocycles. The molecule has 31 heavy (non-hydrogen) atoms. The third kappa shape index (κ3) is 5.60. The first-order valence-electron chi connectivity index (χ1n) is 11.0. The van der Waals surface area contributed by atoms with E-state index in [1.165, 1.54) is 5.56 Å². The molecule has 1 aliphatic rings. The number of carbonyl (C=O) groups is 1. The summed E-state index contributed by atoms with van der Waals surface area (Å²) in [6.07, 6.45) is 3.94. The average Bonchev–Trinajstić information content (AvgIpc) is 2.80. The van der Waals surface area contributed by atoms with Gasteiger partial charge in [-0.2, -0.15) is 0 Å². The van der Waals surface area contributed by atoms with Crippen LogP contribution in [0.15, 0.2) is 65.6 Å². The van der Waals surface area contributed by atoms with Crippen molar-refractivity contribution in [2.45, 2.75) is 25.8 Å². The van der Waals surface area contributed by atoms with Crippen LogP contribution in [0.4, 0.5) is 5.69 Å². The molecule has 1 fully saturated rings. The zero-order valence-electron chi connectivity index (χ0n) is 17.8. The number of pyridine rings is 1. The van der Waals surface area contributed by atoms with Gasteiger partial charge in [0.25, 0.3) is 5.56 Å². The van der Waals surface area contributed by atoms with Crippen molar-refractivity contribution in [3.63, 3.8) is 0 Å². The summed E-state index contributed by atoms with van der Waals surface area (Å²) in [5.74, 6) is -0.0278. The Bertz CT molecular complexity index is 1070. The van der Waals surface area contributed by atoms with E-state index in [1.54, 1.807) is 4.57 Å². The molecule has 1 aliphatic heterocycles. The number of anilines is 1. The van der Waals surface area contributed by atoms with Gasteiger partial charge in [0.2, 0.25) is 5.91 Å². The second-order valence-electron chi connectivity index (χ2n) is 7.92. The molecular weight excluding hydrogens is 390 g/mol. The maximum atomic E-state index is 13.0. The second-order valence-corrected chi connectivity index (χ2v) is 7.92. The molecule has 0 aliphatic carbocycles. The molecule has 2 aromatic carbocycles. The SMILES string of the molecule is O=C(CCCc1ccccc1)Nc1cccc2c(=O)n(CCN3CCOCC3)ccc12. The predicted molar refractivity (Wildman–Crippen MR) is 123 cm³/mol. The van der Waals surface area contributed by atoms with Crippen molar-refractivity contribution in [1.29, 1.82) is 0 Å². The number of nitrogens with one attached hydrogen (secondary N) is 1. The standard InChI is InChI=1S/C25H29N3O3/c29-24(11-4-8-20-6-2-1-3-7-20)26-23-10-5-9-22-21(23)12-13-28(25(22)30)15-14-27-16-18-31-19-17-27/h1-3,5-7,9-10,12-13H,4,8,11,14-19H2,(H,26,29). The van der Waals surface area contributed by atoms with Gasteiger partial charge in [0.15, 0.2) is 0 Å². The summed E-state index contributed by atoms with van der Waals surface area (Å²) in [5, 5.41) is 4.41. The molecule has 162 valence electrons. The van der Waals surface area contributed by atoms with Gasteiger partial charge in [0, 0.05) is 55.3 Å². The highest BCUT2D eigenvalue weighted by Crippen LogP contribution is 2.21. The summed E-state index contributed by atoms with van der Waals surface area (Å²) in [7, 11) is 0. The number of ether oxygens (including phenoxy) is 1. The molecule has 1 N–H and O–H groups in total. The molecule has 0 radical (unpaired) electrons. The number of hydrogen-bond acceptors (Lipinski definition) is 4. The Morgan fingerprint density at radius 3 is 2.55 bits per heavy atom. The zero-order chi connectivity index (χ0) is 21.5. The van der Waals surface area contributed by atoms with Gasteiger partial charge in [-0.3, -0.25) is 14.5 Å². The molecule has 2 heterocycles. The van der Waals surface area contributed by atoms with E-state index < -0.39 is 0 Å². The van der Waals surface area contributed by atoms with Crippen molar-refractivity contribution in [3.8, 4) is 0 Å². The molecule has 6 heteroatoms. The Morgan fingerprint density at radius 2 is 1.74 bits per heavy atom. The van der Waals surface area contributed by atoms with Gasteiger partial charge in [-0.15, -0.1) is 0 Å². The van der Waals surface area contributed by atoms with Crippen molar-refractivity contribution < 1.29 is 9.53 Å². The third-order valence-corrected chi connectivity index (χ3v) is 5.77. The van der Waals surface area contributed by atoms with Gasteiger partial charge >= 0.3 is 0 Å². The molecule has 1 amide bonds. The Kier molecular flexibility index (Phi) is 7.12. The molecular formula is C25H29N3O3. The zero-order valence-corrected chi connectivity index (χ0v) is 17.8. The van der Waals surface area contributed by atoms with Crippen molar-refractivity contribution in [1.82, 2.24) is 9.47 Å². The minimum Gasteiger partial charge on any atom is -0.379 e. The minimum atomic E-state index is -0.0278. The van der Waals surface area contributed by atoms with E-state index in [0.29, 0.717) is 24.0 Å². The van der Waals surface area contributed by atoms with Gasteiger partial charge < -0.3 is 14.6 Å². The van der Waals surface area contributed by atoms with E-state index in [1.807, 2.05) is 48.7 Å². The number of hydrogen-bond donors (Lipinski definition) is 1. The highest BCUT2D eigenvalue weighted by molar-refractivity contribution is 6.01. The lowest BCUT2D eigenvalue weighted by Crippen LogP contribution is -2.39. The van der Waals surface area contributed by atoms with Crippen LogP contribution in [0.3, 0.4) is 0 Å². The molecule has 3 aromatic rings. The summed E-state index contributed by atoms with van der Waals surface area (Å²) in [5.41, 5.74) is 1.91. The van der Waals surface area contributed by atoms with Crippen LogP contribution in [0.5, 0.6) is 0 Å². The predicted octanol–water partition coefficient (Wildman–Crippen LogP) is 3.30. The molecule has 0 unspecified atom stereocenters. The Balaban J connectivity index is 1.39. The number of nitrogens with zero attached hydrogens (tertiary/aromatic N) is 2. The first-order valence-corrected chi connectivity index (χ1v) is 11.0. The van der Waals surface area contributed by atoms with E-state index in [9.17, 15) is 9.59 Å². The van der Waals surface area contributed by atoms with E-state index in [0.717, 1.165) is 51.1 Å². The largest absolute Gasteiger partial charge is 0.379 e. The van der Waals surface area contributed by atoms with E-state index in [-0.39, 0.29) is 11.5 Å².